The molecule has 0 aromatic heterocycles. The lowest BCUT2D eigenvalue weighted by Crippen LogP contribution is -2.30. The van der Waals surface area contributed by atoms with Gasteiger partial charge in [-0.25, -0.2) is 0 Å². The van der Waals surface area contributed by atoms with Crippen LogP contribution in [0.1, 0.15) is 26.7 Å². The Balaban J connectivity index is 3.69. The topological polar surface area (TPSA) is 66.1 Å². The summed E-state index contributed by atoms with van der Waals surface area (Å²) in [4.78, 5) is 0. The highest BCUT2D eigenvalue weighted by Crippen LogP contribution is 1.95. The molecule has 0 aliphatic heterocycles. The Hall–Kier alpha value is -0.130. The summed E-state index contributed by atoms with van der Waals surface area (Å²) in [5.41, 5.74) is 0. The van der Waals surface area contributed by atoms with Crippen LogP contribution in [-0.2, 0) is 14.9 Å². The molecule has 0 aliphatic rings. The molecule has 0 aromatic rings. The molecule has 0 rings (SSSR count). The molecule has 0 saturated carbocycles. The van der Waals surface area contributed by atoms with E-state index in [1.54, 1.807) is 6.92 Å². The summed E-state index contributed by atoms with van der Waals surface area (Å²) in [7, 11) is -4.25. The Morgan fingerprint density at radius 1 is 1.50 bits per heavy atom. The summed E-state index contributed by atoms with van der Waals surface area (Å²) in [5.74, 6) is 0. The van der Waals surface area contributed by atoms with Gasteiger partial charge in [0.2, 0.25) is 0 Å². The molecule has 0 aliphatic carbocycles. The van der Waals surface area contributed by atoms with E-state index < -0.39 is 10.3 Å². The Labute approximate surface area is 61.5 Å². The second-order valence-electron chi connectivity index (χ2n) is 2.26. The number of nitrogens with one attached hydrogen (secondary N) is 1. The molecule has 0 fully saturated rings. The van der Waals surface area contributed by atoms with E-state index in [1.165, 1.54) is 0 Å². The maximum atomic E-state index is 10.0. The molecule has 10 heavy (non-hydrogen) atoms. The van der Waals surface area contributed by atoms with E-state index in [0.29, 0.717) is 6.42 Å². The van der Waals surface area contributed by atoms with Gasteiger partial charge in [0.15, 0.2) is 0 Å². The fourth-order valence-electron chi connectivity index (χ4n) is 0.738. The highest BCUT2D eigenvalue weighted by atomic mass is 32.2. The van der Waals surface area contributed by atoms with Gasteiger partial charge in [0.05, 0.1) is 0 Å². The van der Waals surface area contributed by atoms with Gasteiger partial charge in [-0.1, -0.05) is 17.9 Å². The van der Waals surface area contributed by atoms with E-state index in [0.717, 1.165) is 6.42 Å². The lowest BCUT2D eigenvalue weighted by molar-refractivity contribution is 0.391. The molecule has 0 heterocycles. The zero-order valence-corrected chi connectivity index (χ0v) is 6.94. The second-order valence-corrected chi connectivity index (χ2v) is 3.41. The van der Waals surface area contributed by atoms with Crippen molar-refractivity contribution in [1.29, 1.82) is 0 Å². The van der Waals surface area contributed by atoms with Crippen LogP contribution >= 0.6 is 0 Å². The lowest BCUT2D eigenvalue weighted by atomic mass is 10.2. The Bertz CT molecular complexity index is 175. The molecule has 0 bridgehead atoms. The molecule has 61 valence electrons. The van der Waals surface area contributed by atoms with Crippen molar-refractivity contribution in [3.63, 3.8) is 0 Å². The van der Waals surface area contributed by atoms with Crippen LogP contribution in [-0.4, -0.2) is 14.5 Å². The zero-order valence-electron chi connectivity index (χ0n) is 6.12. The first kappa shape index (κ1) is 9.87. The van der Waals surface area contributed by atoms with Gasteiger partial charge in [0.25, 0.3) is 0 Å². The minimum absolute atomic E-state index is 0.243. The number of hydrogen-bond acceptors (Lipinski definition) is 2. The van der Waals surface area contributed by atoms with Gasteiger partial charge >= 0.3 is 10.3 Å². The van der Waals surface area contributed by atoms with E-state index in [9.17, 15) is 13.0 Å². The highest BCUT2D eigenvalue weighted by molar-refractivity contribution is 7.83. The molecule has 1 N–H and O–H groups in total. The molecule has 1 atom stereocenters. The molecule has 0 saturated heterocycles. The van der Waals surface area contributed by atoms with Gasteiger partial charge in [-0.3, -0.25) is 0 Å². The molecule has 1 unspecified atom stereocenters. The minimum atomic E-state index is -4.25. The Morgan fingerprint density at radius 2 is 2.00 bits per heavy atom. The molecule has 5 heteroatoms. The monoisotopic (exact) mass is 166 g/mol. The van der Waals surface area contributed by atoms with Crippen molar-refractivity contribution in [2.45, 2.75) is 32.7 Å². The predicted molar refractivity (Wildman–Crippen MR) is 37.1 cm³/mol. The zero-order chi connectivity index (χ0) is 8.20. The normalized spacial score (nSPS) is 15.1. The van der Waals surface area contributed by atoms with Crippen molar-refractivity contribution in [1.82, 2.24) is 4.72 Å². The van der Waals surface area contributed by atoms with Crippen LogP contribution in [0, 0.1) is 0 Å². The van der Waals surface area contributed by atoms with Crippen LogP contribution in [0.2, 0.25) is 0 Å². The first-order valence-corrected chi connectivity index (χ1v) is 4.59. The summed E-state index contributed by atoms with van der Waals surface area (Å²) in [6.45, 7) is 3.59. The summed E-state index contributed by atoms with van der Waals surface area (Å²) in [6.07, 6.45) is 1.56. The summed E-state index contributed by atoms with van der Waals surface area (Å²) in [6, 6.07) is -0.243. The quantitative estimate of drug-likeness (QED) is 0.658. The van der Waals surface area contributed by atoms with Gasteiger partial charge in [-0.2, -0.15) is 13.1 Å². The van der Waals surface area contributed by atoms with Crippen LogP contribution in [0.25, 0.3) is 0 Å². The van der Waals surface area contributed by atoms with Crippen LogP contribution in [0.15, 0.2) is 0 Å². The standard InChI is InChI=1S/C5H12NO3S/c1-3-4-5(2)6-10(7,8)9/h5-6H,3-4H2,1-2H3. The van der Waals surface area contributed by atoms with Crippen molar-refractivity contribution in [3.05, 3.63) is 0 Å². The van der Waals surface area contributed by atoms with Gasteiger partial charge in [-0.05, 0) is 13.3 Å². The summed E-state index contributed by atoms with van der Waals surface area (Å²) < 4.78 is 32.1. The first-order valence-electron chi connectivity index (χ1n) is 3.19. The van der Waals surface area contributed by atoms with Crippen LogP contribution in [0.5, 0.6) is 0 Å². The third kappa shape index (κ3) is 6.00. The maximum absolute atomic E-state index is 10.0. The fraction of sp³-hybridized carbons (Fsp3) is 1.00. The average molecular weight is 166 g/mol. The third-order valence-electron chi connectivity index (χ3n) is 1.07. The van der Waals surface area contributed by atoms with Gasteiger partial charge in [0.1, 0.15) is 0 Å². The minimum Gasteiger partial charge on any atom is -0.187 e. The van der Waals surface area contributed by atoms with Crippen molar-refractivity contribution in [3.8, 4) is 0 Å². The van der Waals surface area contributed by atoms with Gasteiger partial charge < -0.3 is 0 Å². The Morgan fingerprint density at radius 3 is 2.30 bits per heavy atom. The van der Waals surface area contributed by atoms with Crippen molar-refractivity contribution < 1.29 is 13.0 Å². The fourth-order valence-corrected chi connectivity index (χ4v) is 1.35. The molecule has 1 radical (unpaired) electrons. The molecule has 0 spiro atoms. The van der Waals surface area contributed by atoms with E-state index in [4.69, 9.17) is 0 Å². The smallest absolute Gasteiger partial charge is 0.187 e. The van der Waals surface area contributed by atoms with E-state index in [-0.39, 0.29) is 6.04 Å². The van der Waals surface area contributed by atoms with Crippen LogP contribution in [0.4, 0.5) is 0 Å². The van der Waals surface area contributed by atoms with E-state index in [1.807, 2.05) is 11.6 Å². The van der Waals surface area contributed by atoms with Crippen molar-refractivity contribution >= 4 is 10.3 Å². The van der Waals surface area contributed by atoms with Gasteiger partial charge in [-0.15, -0.1) is 0 Å². The Kier molecular flexibility index (Phi) is 3.85. The maximum Gasteiger partial charge on any atom is 0.363 e. The predicted octanol–water partition coefficient (Wildman–Crippen LogP) is 0.440. The number of rotatable bonds is 4. The molecule has 4 nitrogen and oxygen atoms in total. The molecule has 0 amide bonds. The number of hydrogen-bond donors (Lipinski definition) is 1. The van der Waals surface area contributed by atoms with Crippen LogP contribution < -0.4 is 4.72 Å². The van der Waals surface area contributed by atoms with Crippen molar-refractivity contribution in [2.75, 3.05) is 0 Å². The molecule has 0 aromatic carbocycles. The summed E-state index contributed by atoms with van der Waals surface area (Å²) in [5, 5.41) is 0. The van der Waals surface area contributed by atoms with E-state index in [2.05, 4.69) is 0 Å². The third-order valence-corrected chi connectivity index (χ3v) is 1.76. The average Bonchev–Trinajstić information content (AvgIpc) is 1.59. The second kappa shape index (κ2) is 3.90. The lowest BCUT2D eigenvalue weighted by Gasteiger charge is -2.06. The molecular weight excluding hydrogens is 154 g/mol. The molecular formula is C5H12NO3S. The largest absolute Gasteiger partial charge is 0.363 e. The SMILES string of the molecule is CCCC(C)NS([O])(=O)=O. The van der Waals surface area contributed by atoms with E-state index >= 15 is 0 Å². The van der Waals surface area contributed by atoms with Crippen molar-refractivity contribution in [2.24, 2.45) is 0 Å². The van der Waals surface area contributed by atoms with Crippen LogP contribution in [0.3, 0.4) is 0 Å². The van der Waals surface area contributed by atoms with Gasteiger partial charge in [0, 0.05) is 6.04 Å². The summed E-state index contributed by atoms with van der Waals surface area (Å²) >= 11 is 0. The highest BCUT2D eigenvalue weighted by Gasteiger charge is 2.09. The first-order chi connectivity index (χ1) is 4.45.